The lowest BCUT2D eigenvalue weighted by atomic mass is 10.1. The van der Waals surface area contributed by atoms with E-state index in [0.29, 0.717) is 11.4 Å². The van der Waals surface area contributed by atoms with Crippen LogP contribution in [0.2, 0.25) is 0 Å². The molecule has 0 radical (unpaired) electrons. The summed E-state index contributed by atoms with van der Waals surface area (Å²) in [5.74, 6) is 0.0918. The molecule has 0 saturated carbocycles. The summed E-state index contributed by atoms with van der Waals surface area (Å²) in [7, 11) is 4.88. The molecule has 0 bridgehead atoms. The minimum atomic E-state index is -0.935. The smallest absolute Gasteiger partial charge is 0.337 e. The highest BCUT2D eigenvalue weighted by Gasteiger charge is 2.10. The van der Waals surface area contributed by atoms with E-state index in [9.17, 15) is 9.59 Å². The van der Waals surface area contributed by atoms with Gasteiger partial charge in [0.1, 0.15) is 0 Å². The SMILES string of the molecule is CNc1n[nH]c2ccc(C(=O)O)cc12.CNc1n[nH]c2ccc(C(=O)OC)cc12. The number of ether oxygens (including phenoxy) is 1. The number of aromatic amines is 2. The van der Waals surface area contributed by atoms with Crippen LogP contribution < -0.4 is 10.6 Å². The zero-order valence-electron chi connectivity index (χ0n) is 16.0. The predicted octanol–water partition coefficient (Wildman–Crippen LogP) is 2.69. The fraction of sp³-hybridized carbons (Fsp3) is 0.158. The summed E-state index contributed by atoms with van der Waals surface area (Å²) in [4.78, 5) is 22.0. The number of fused-ring (bicyclic) bond motifs is 2. The van der Waals surface area contributed by atoms with E-state index in [-0.39, 0.29) is 11.5 Å². The van der Waals surface area contributed by atoms with Gasteiger partial charge in [0.25, 0.3) is 0 Å². The fourth-order valence-electron chi connectivity index (χ4n) is 2.79. The van der Waals surface area contributed by atoms with Gasteiger partial charge in [-0.15, -0.1) is 0 Å². The minimum Gasteiger partial charge on any atom is -0.478 e. The van der Waals surface area contributed by atoms with Crippen molar-refractivity contribution in [2.24, 2.45) is 0 Å². The van der Waals surface area contributed by atoms with Crippen molar-refractivity contribution in [3.8, 4) is 0 Å². The first-order chi connectivity index (χ1) is 14.0. The molecule has 150 valence electrons. The Morgan fingerprint density at radius 2 is 1.38 bits per heavy atom. The van der Waals surface area contributed by atoms with E-state index < -0.39 is 5.97 Å². The Morgan fingerprint density at radius 1 is 0.897 bits per heavy atom. The molecular formula is C19H20N6O4. The fourth-order valence-corrected chi connectivity index (χ4v) is 2.79. The van der Waals surface area contributed by atoms with E-state index in [0.717, 1.165) is 27.6 Å². The van der Waals surface area contributed by atoms with E-state index in [2.05, 4.69) is 35.8 Å². The molecule has 0 aliphatic carbocycles. The van der Waals surface area contributed by atoms with Gasteiger partial charge in [0.05, 0.1) is 29.3 Å². The van der Waals surface area contributed by atoms with Crippen LogP contribution >= 0.6 is 0 Å². The number of hydrogen-bond donors (Lipinski definition) is 5. The van der Waals surface area contributed by atoms with Crippen molar-refractivity contribution < 1.29 is 19.4 Å². The zero-order valence-corrected chi connectivity index (χ0v) is 16.0. The molecule has 2 aromatic carbocycles. The molecule has 2 heterocycles. The van der Waals surface area contributed by atoms with Gasteiger partial charge >= 0.3 is 11.9 Å². The van der Waals surface area contributed by atoms with Crippen LogP contribution in [0, 0.1) is 0 Å². The number of hydrogen-bond acceptors (Lipinski definition) is 7. The lowest BCUT2D eigenvalue weighted by Gasteiger charge is -1.99. The minimum absolute atomic E-state index is 0.260. The van der Waals surface area contributed by atoms with E-state index in [1.165, 1.54) is 7.11 Å². The number of carbonyl (C=O) groups excluding carboxylic acids is 1. The molecule has 0 fully saturated rings. The lowest BCUT2D eigenvalue weighted by Crippen LogP contribution is -2.00. The van der Waals surface area contributed by atoms with E-state index in [4.69, 9.17) is 5.11 Å². The van der Waals surface area contributed by atoms with Crippen LogP contribution in [-0.4, -0.2) is 58.6 Å². The highest BCUT2D eigenvalue weighted by atomic mass is 16.5. The second-order valence-corrected chi connectivity index (χ2v) is 5.96. The van der Waals surface area contributed by atoms with Gasteiger partial charge in [0.15, 0.2) is 11.6 Å². The van der Waals surface area contributed by atoms with Gasteiger partial charge in [-0.25, -0.2) is 9.59 Å². The molecule has 5 N–H and O–H groups in total. The number of nitrogens with zero attached hydrogens (tertiary/aromatic N) is 2. The Kier molecular flexibility index (Phi) is 5.63. The Morgan fingerprint density at radius 3 is 1.83 bits per heavy atom. The second kappa shape index (κ2) is 8.30. The van der Waals surface area contributed by atoms with Gasteiger partial charge in [0, 0.05) is 24.9 Å². The van der Waals surface area contributed by atoms with Gasteiger partial charge in [-0.2, -0.15) is 10.2 Å². The van der Waals surface area contributed by atoms with Crippen LogP contribution in [0.4, 0.5) is 11.6 Å². The molecule has 4 rings (SSSR count). The van der Waals surface area contributed by atoms with Gasteiger partial charge in [0.2, 0.25) is 0 Å². The molecule has 0 saturated heterocycles. The third-order valence-electron chi connectivity index (χ3n) is 4.27. The third-order valence-corrected chi connectivity index (χ3v) is 4.27. The molecule has 29 heavy (non-hydrogen) atoms. The summed E-state index contributed by atoms with van der Waals surface area (Å²) < 4.78 is 4.65. The summed E-state index contributed by atoms with van der Waals surface area (Å²) in [6.07, 6.45) is 0. The van der Waals surface area contributed by atoms with Crippen LogP contribution in [0.1, 0.15) is 20.7 Å². The average Bonchev–Trinajstić information content (AvgIpc) is 3.35. The molecule has 0 atom stereocenters. The number of carboxylic acid groups (broad SMARTS) is 1. The quantitative estimate of drug-likeness (QED) is 0.331. The molecule has 4 aromatic rings. The van der Waals surface area contributed by atoms with Gasteiger partial charge < -0.3 is 20.5 Å². The number of rotatable bonds is 4. The maximum absolute atomic E-state index is 11.3. The summed E-state index contributed by atoms with van der Waals surface area (Å²) in [6.45, 7) is 0. The molecule has 0 spiro atoms. The summed E-state index contributed by atoms with van der Waals surface area (Å²) >= 11 is 0. The summed E-state index contributed by atoms with van der Waals surface area (Å²) in [5, 5.41) is 30.0. The normalized spacial score (nSPS) is 10.3. The zero-order chi connectivity index (χ0) is 21.0. The number of aromatic carboxylic acids is 1. The number of nitrogens with one attached hydrogen (secondary N) is 4. The van der Waals surface area contributed by atoms with Crippen molar-refractivity contribution >= 4 is 45.4 Å². The number of aromatic nitrogens is 4. The summed E-state index contributed by atoms with van der Waals surface area (Å²) in [5.41, 5.74) is 2.48. The number of H-pyrrole nitrogens is 2. The van der Waals surface area contributed by atoms with Crippen molar-refractivity contribution in [1.82, 2.24) is 20.4 Å². The first-order valence-electron chi connectivity index (χ1n) is 8.61. The molecule has 10 nitrogen and oxygen atoms in total. The first-order valence-corrected chi connectivity index (χ1v) is 8.61. The maximum Gasteiger partial charge on any atom is 0.337 e. The Balaban J connectivity index is 0.000000166. The van der Waals surface area contributed by atoms with Crippen LogP contribution in [0.5, 0.6) is 0 Å². The molecule has 10 heteroatoms. The molecule has 2 aromatic heterocycles. The van der Waals surface area contributed by atoms with Gasteiger partial charge in [-0.3, -0.25) is 10.2 Å². The topological polar surface area (TPSA) is 145 Å². The number of esters is 1. The second-order valence-electron chi connectivity index (χ2n) is 5.96. The van der Waals surface area contributed by atoms with Crippen molar-refractivity contribution in [3.63, 3.8) is 0 Å². The lowest BCUT2D eigenvalue weighted by molar-refractivity contribution is 0.0600. The van der Waals surface area contributed by atoms with Crippen molar-refractivity contribution in [2.75, 3.05) is 31.8 Å². The van der Waals surface area contributed by atoms with E-state index >= 15 is 0 Å². The number of carbonyl (C=O) groups is 2. The molecule has 0 amide bonds. The highest BCUT2D eigenvalue weighted by molar-refractivity contribution is 5.98. The standard InChI is InChI=1S/C10H11N3O2.C9H9N3O2/c1-11-9-7-5-6(10(14)15-2)3-4-8(7)12-13-9;1-10-8-6-4-5(9(13)14)2-3-7(6)11-12-8/h3-5H,1-2H3,(H2,11,12,13);2-4H,1H3,(H,13,14)(H2,10,11,12). The van der Waals surface area contributed by atoms with Crippen LogP contribution in [-0.2, 0) is 4.74 Å². The number of methoxy groups -OCH3 is 1. The molecule has 0 aliphatic heterocycles. The summed E-state index contributed by atoms with van der Waals surface area (Å²) in [6, 6.07) is 10.1. The van der Waals surface area contributed by atoms with Crippen molar-refractivity contribution in [3.05, 3.63) is 47.5 Å². The number of benzene rings is 2. The van der Waals surface area contributed by atoms with Crippen molar-refractivity contribution in [1.29, 1.82) is 0 Å². The average molecular weight is 396 g/mol. The maximum atomic E-state index is 11.3. The largest absolute Gasteiger partial charge is 0.478 e. The molecular weight excluding hydrogens is 376 g/mol. The van der Waals surface area contributed by atoms with Crippen molar-refractivity contribution in [2.45, 2.75) is 0 Å². The number of anilines is 2. The Hall–Kier alpha value is -4.08. The monoisotopic (exact) mass is 396 g/mol. The van der Waals surface area contributed by atoms with E-state index in [1.807, 2.05) is 0 Å². The first kappa shape index (κ1) is 19.7. The van der Waals surface area contributed by atoms with Crippen LogP contribution in [0.3, 0.4) is 0 Å². The van der Waals surface area contributed by atoms with Crippen LogP contribution in [0.15, 0.2) is 36.4 Å². The predicted molar refractivity (Wildman–Crippen MR) is 110 cm³/mol. The Bertz CT molecular complexity index is 1180. The highest BCUT2D eigenvalue weighted by Crippen LogP contribution is 2.22. The number of carboxylic acids is 1. The Labute approximate surface area is 165 Å². The molecule has 0 unspecified atom stereocenters. The van der Waals surface area contributed by atoms with Gasteiger partial charge in [-0.05, 0) is 36.4 Å². The van der Waals surface area contributed by atoms with E-state index in [1.54, 1.807) is 50.5 Å². The van der Waals surface area contributed by atoms with Gasteiger partial charge in [-0.1, -0.05) is 0 Å². The third kappa shape index (κ3) is 3.95. The van der Waals surface area contributed by atoms with Crippen LogP contribution in [0.25, 0.3) is 21.8 Å². The molecule has 0 aliphatic rings.